The molecule has 0 N–H and O–H groups in total. The highest BCUT2D eigenvalue weighted by atomic mass is 35.5. The first-order valence-corrected chi connectivity index (χ1v) is 9.67. The molecule has 1 fully saturated rings. The number of halogens is 3. The van der Waals surface area contributed by atoms with Gasteiger partial charge in [-0.1, -0.05) is 12.1 Å². The van der Waals surface area contributed by atoms with Crippen molar-refractivity contribution in [3.05, 3.63) is 47.8 Å². The highest BCUT2D eigenvalue weighted by Gasteiger charge is 2.19. The van der Waals surface area contributed by atoms with E-state index in [1.54, 1.807) is 27.4 Å². The molecule has 0 amide bonds. The van der Waals surface area contributed by atoms with E-state index in [0.717, 1.165) is 45.6 Å². The van der Waals surface area contributed by atoms with Crippen LogP contribution in [0.1, 0.15) is 12.0 Å². The number of hydrogen-bond acceptors (Lipinski definition) is 5. The van der Waals surface area contributed by atoms with Crippen LogP contribution in [-0.4, -0.2) is 59.0 Å². The largest absolute Gasteiger partial charge is 0.493 e. The van der Waals surface area contributed by atoms with Gasteiger partial charge in [-0.15, -0.1) is 24.8 Å². The van der Waals surface area contributed by atoms with Gasteiger partial charge in [0.2, 0.25) is 5.75 Å². The van der Waals surface area contributed by atoms with Gasteiger partial charge in [0.25, 0.3) is 0 Å². The summed E-state index contributed by atoms with van der Waals surface area (Å²) < 4.78 is 30.2. The minimum absolute atomic E-state index is 0. The Morgan fingerprint density at radius 3 is 2.00 bits per heavy atom. The van der Waals surface area contributed by atoms with Gasteiger partial charge in [-0.2, -0.15) is 0 Å². The molecule has 0 spiro atoms. The lowest BCUT2D eigenvalue weighted by molar-refractivity contribution is 0.254. The number of para-hydroxylation sites is 1. The minimum Gasteiger partial charge on any atom is -0.493 e. The standard InChI is InChI=1S/C22H29FN2O3.2ClH/c1-26-20-15-17(16-21(27-2)22(20)28-3)7-6-10-24-11-13-25(14-12-24)19-9-5-4-8-18(19)23;;/h4-5,8-9,15-16H,6-7,10-14H2,1-3H3;2*1H. The van der Waals surface area contributed by atoms with Crippen LogP contribution < -0.4 is 19.1 Å². The van der Waals surface area contributed by atoms with Crippen LogP contribution in [0.15, 0.2) is 36.4 Å². The molecule has 0 saturated carbocycles. The first-order valence-electron chi connectivity index (χ1n) is 9.67. The molecule has 1 aliphatic rings. The second-order valence-corrected chi connectivity index (χ2v) is 6.92. The van der Waals surface area contributed by atoms with Gasteiger partial charge < -0.3 is 19.1 Å². The van der Waals surface area contributed by atoms with Crippen LogP contribution in [-0.2, 0) is 6.42 Å². The zero-order valence-electron chi connectivity index (χ0n) is 17.7. The third-order valence-corrected chi connectivity index (χ3v) is 5.23. The Hall–Kier alpha value is -1.89. The summed E-state index contributed by atoms with van der Waals surface area (Å²) in [6, 6.07) is 11.0. The molecule has 2 aromatic rings. The van der Waals surface area contributed by atoms with Gasteiger partial charge in [0, 0.05) is 26.2 Å². The Morgan fingerprint density at radius 2 is 1.47 bits per heavy atom. The normalized spacial score (nSPS) is 13.8. The second-order valence-electron chi connectivity index (χ2n) is 6.92. The molecule has 0 aliphatic carbocycles. The van der Waals surface area contributed by atoms with E-state index in [4.69, 9.17) is 14.2 Å². The first kappa shape index (κ1) is 26.1. The number of aryl methyl sites for hydroxylation is 1. The molecule has 5 nitrogen and oxygen atoms in total. The van der Waals surface area contributed by atoms with Gasteiger partial charge in [-0.05, 0) is 49.2 Å². The highest BCUT2D eigenvalue weighted by Crippen LogP contribution is 2.38. The molecule has 0 bridgehead atoms. The SMILES string of the molecule is COc1cc(CCCN2CCN(c3ccccc3F)CC2)cc(OC)c1OC.Cl.Cl. The van der Waals surface area contributed by atoms with Crippen LogP contribution in [0, 0.1) is 5.82 Å². The van der Waals surface area contributed by atoms with Gasteiger partial charge in [0.1, 0.15) is 5.82 Å². The van der Waals surface area contributed by atoms with Crippen LogP contribution in [0.25, 0.3) is 0 Å². The Balaban J connectivity index is 0.00000225. The number of ether oxygens (including phenoxy) is 3. The fourth-order valence-corrected chi connectivity index (χ4v) is 3.71. The van der Waals surface area contributed by atoms with E-state index in [9.17, 15) is 4.39 Å². The van der Waals surface area contributed by atoms with Crippen LogP contribution in [0.4, 0.5) is 10.1 Å². The summed E-state index contributed by atoms with van der Waals surface area (Å²) in [5.74, 6) is 1.86. The van der Waals surface area contributed by atoms with Crippen LogP contribution in [0.5, 0.6) is 17.2 Å². The molecule has 1 aliphatic heterocycles. The Kier molecular flexibility index (Phi) is 11.1. The average molecular weight is 461 g/mol. The summed E-state index contributed by atoms with van der Waals surface area (Å²) in [6.45, 7) is 4.62. The second kappa shape index (κ2) is 12.7. The van der Waals surface area contributed by atoms with E-state index >= 15 is 0 Å². The minimum atomic E-state index is -0.140. The summed E-state index contributed by atoms with van der Waals surface area (Å²) in [6.07, 6.45) is 1.97. The Morgan fingerprint density at radius 1 is 0.867 bits per heavy atom. The molecule has 1 heterocycles. The third-order valence-electron chi connectivity index (χ3n) is 5.23. The van der Waals surface area contributed by atoms with E-state index in [0.29, 0.717) is 22.9 Å². The van der Waals surface area contributed by atoms with E-state index in [1.165, 1.54) is 11.6 Å². The summed E-state index contributed by atoms with van der Waals surface area (Å²) >= 11 is 0. The predicted octanol–water partition coefficient (Wildman–Crippen LogP) is 4.45. The van der Waals surface area contributed by atoms with E-state index < -0.39 is 0 Å². The van der Waals surface area contributed by atoms with Gasteiger partial charge in [-0.3, -0.25) is 4.90 Å². The summed E-state index contributed by atoms with van der Waals surface area (Å²) in [5, 5.41) is 0. The van der Waals surface area contributed by atoms with Gasteiger partial charge >= 0.3 is 0 Å². The molecule has 0 radical (unpaired) electrons. The lowest BCUT2D eigenvalue weighted by Gasteiger charge is -2.36. The van der Waals surface area contributed by atoms with Crippen LogP contribution in [0.2, 0.25) is 0 Å². The van der Waals surface area contributed by atoms with Crippen molar-refractivity contribution in [1.82, 2.24) is 4.90 Å². The van der Waals surface area contributed by atoms with Crippen molar-refractivity contribution < 1.29 is 18.6 Å². The van der Waals surface area contributed by atoms with Gasteiger partial charge in [0.15, 0.2) is 11.5 Å². The Bertz CT molecular complexity index is 762. The van der Waals surface area contributed by atoms with Crippen molar-refractivity contribution in [2.24, 2.45) is 0 Å². The lowest BCUT2D eigenvalue weighted by Crippen LogP contribution is -2.47. The summed E-state index contributed by atoms with van der Waals surface area (Å²) in [7, 11) is 4.88. The zero-order chi connectivity index (χ0) is 19.9. The van der Waals surface area contributed by atoms with Crippen LogP contribution in [0.3, 0.4) is 0 Å². The molecule has 8 heteroatoms. The number of nitrogens with zero attached hydrogens (tertiary/aromatic N) is 2. The number of methoxy groups -OCH3 is 3. The smallest absolute Gasteiger partial charge is 0.203 e. The first-order chi connectivity index (χ1) is 13.7. The predicted molar refractivity (Wildman–Crippen MR) is 124 cm³/mol. The maximum Gasteiger partial charge on any atom is 0.203 e. The van der Waals surface area contributed by atoms with Crippen molar-refractivity contribution in [2.75, 3.05) is 59.0 Å². The van der Waals surface area contributed by atoms with Crippen molar-refractivity contribution in [3.63, 3.8) is 0 Å². The molecular formula is C22H31Cl2FN2O3. The topological polar surface area (TPSA) is 34.2 Å². The summed E-state index contributed by atoms with van der Waals surface area (Å²) in [4.78, 5) is 4.57. The number of anilines is 1. The van der Waals surface area contributed by atoms with E-state index in [2.05, 4.69) is 9.80 Å². The number of piperazine rings is 1. The Labute approximate surface area is 190 Å². The molecule has 0 unspecified atom stereocenters. The zero-order valence-corrected chi connectivity index (χ0v) is 19.4. The number of benzene rings is 2. The fourth-order valence-electron chi connectivity index (χ4n) is 3.71. The van der Waals surface area contributed by atoms with Crippen molar-refractivity contribution in [2.45, 2.75) is 12.8 Å². The molecule has 3 rings (SSSR count). The van der Waals surface area contributed by atoms with Gasteiger partial charge in [0.05, 0.1) is 27.0 Å². The maximum absolute atomic E-state index is 14.0. The van der Waals surface area contributed by atoms with Crippen molar-refractivity contribution >= 4 is 30.5 Å². The fraction of sp³-hybridized carbons (Fsp3) is 0.455. The monoisotopic (exact) mass is 460 g/mol. The molecule has 30 heavy (non-hydrogen) atoms. The molecule has 168 valence electrons. The maximum atomic E-state index is 14.0. The molecule has 1 saturated heterocycles. The lowest BCUT2D eigenvalue weighted by atomic mass is 10.1. The molecular weight excluding hydrogens is 430 g/mol. The van der Waals surface area contributed by atoms with Crippen molar-refractivity contribution in [3.8, 4) is 17.2 Å². The number of rotatable bonds is 8. The number of hydrogen-bond donors (Lipinski definition) is 0. The van der Waals surface area contributed by atoms with Crippen LogP contribution >= 0.6 is 24.8 Å². The van der Waals surface area contributed by atoms with Gasteiger partial charge in [-0.25, -0.2) is 4.39 Å². The molecule has 0 aromatic heterocycles. The summed E-state index contributed by atoms with van der Waals surface area (Å²) in [5.41, 5.74) is 1.87. The van der Waals surface area contributed by atoms with Crippen molar-refractivity contribution in [1.29, 1.82) is 0 Å². The molecule has 0 atom stereocenters. The average Bonchev–Trinajstić information content (AvgIpc) is 2.74. The third kappa shape index (κ3) is 6.30. The van der Waals surface area contributed by atoms with E-state index in [1.807, 2.05) is 24.3 Å². The quantitative estimate of drug-likeness (QED) is 0.581. The van der Waals surface area contributed by atoms with E-state index in [-0.39, 0.29) is 30.6 Å². The highest BCUT2D eigenvalue weighted by molar-refractivity contribution is 5.85. The molecule has 2 aromatic carbocycles.